The van der Waals surface area contributed by atoms with Crippen molar-refractivity contribution in [1.82, 2.24) is 4.98 Å². The molecule has 5 heteroatoms. The minimum absolute atomic E-state index is 0.241. The van der Waals surface area contributed by atoms with Gasteiger partial charge in [0.05, 0.1) is 19.4 Å². The fourth-order valence-corrected chi connectivity index (χ4v) is 1.79. The van der Waals surface area contributed by atoms with Crippen molar-refractivity contribution in [1.29, 1.82) is 0 Å². The van der Waals surface area contributed by atoms with Crippen LogP contribution >= 0.6 is 0 Å². The summed E-state index contributed by atoms with van der Waals surface area (Å²) in [4.78, 5) is 4.15. The number of nitrogens with zero attached hydrogens (tertiary/aromatic N) is 1. The van der Waals surface area contributed by atoms with E-state index < -0.39 is 0 Å². The zero-order chi connectivity index (χ0) is 14.4. The van der Waals surface area contributed by atoms with Crippen LogP contribution in [-0.2, 0) is 6.54 Å². The third-order valence-electron chi connectivity index (χ3n) is 2.75. The topological polar surface area (TPSA) is 43.4 Å². The lowest BCUT2D eigenvalue weighted by Crippen LogP contribution is -2.04. The summed E-state index contributed by atoms with van der Waals surface area (Å²) in [5.74, 6) is 0.414. The molecular weight excluding hydrogens is 259 g/mol. The fraction of sp³-hybridized carbons (Fsp3) is 0.267. The van der Waals surface area contributed by atoms with Crippen LogP contribution in [0.4, 0.5) is 10.1 Å². The minimum atomic E-state index is -0.372. The molecule has 1 N–H and O–H groups in total. The molecule has 0 unspecified atom stereocenters. The number of pyridine rings is 1. The molecule has 20 heavy (non-hydrogen) atoms. The molecule has 0 amide bonds. The fourth-order valence-electron chi connectivity index (χ4n) is 1.79. The minimum Gasteiger partial charge on any atom is -0.494 e. The van der Waals surface area contributed by atoms with Gasteiger partial charge in [0.25, 0.3) is 0 Å². The van der Waals surface area contributed by atoms with Gasteiger partial charge in [0, 0.05) is 12.7 Å². The van der Waals surface area contributed by atoms with Crippen LogP contribution in [-0.4, -0.2) is 18.7 Å². The second-order valence-corrected chi connectivity index (χ2v) is 4.11. The van der Waals surface area contributed by atoms with E-state index in [4.69, 9.17) is 9.47 Å². The molecule has 0 aliphatic heterocycles. The van der Waals surface area contributed by atoms with E-state index in [1.807, 2.05) is 25.1 Å². The largest absolute Gasteiger partial charge is 0.494 e. The van der Waals surface area contributed by atoms with Gasteiger partial charge >= 0.3 is 0 Å². The zero-order valence-electron chi connectivity index (χ0n) is 11.5. The van der Waals surface area contributed by atoms with Gasteiger partial charge in [-0.05, 0) is 36.8 Å². The van der Waals surface area contributed by atoms with E-state index in [1.54, 1.807) is 12.3 Å². The molecule has 0 bridgehead atoms. The van der Waals surface area contributed by atoms with Crippen molar-refractivity contribution in [2.75, 3.05) is 19.0 Å². The molecule has 1 aromatic carbocycles. The standard InChI is InChI=1S/C15H17FN2O2/c1-3-20-15-13(5-4-8-17-15)18-10-11-6-7-14(19-2)12(16)9-11/h4-9,18H,3,10H2,1-2H3. The van der Waals surface area contributed by atoms with Crippen LogP contribution in [0.2, 0.25) is 0 Å². The molecule has 2 rings (SSSR count). The summed E-state index contributed by atoms with van der Waals surface area (Å²) >= 11 is 0. The number of hydrogen-bond donors (Lipinski definition) is 1. The first-order valence-corrected chi connectivity index (χ1v) is 6.38. The summed E-state index contributed by atoms with van der Waals surface area (Å²) in [6.45, 7) is 2.92. The van der Waals surface area contributed by atoms with Crippen LogP contribution in [0.25, 0.3) is 0 Å². The summed E-state index contributed by atoms with van der Waals surface area (Å²) in [6.07, 6.45) is 1.67. The monoisotopic (exact) mass is 276 g/mol. The van der Waals surface area contributed by atoms with Crippen LogP contribution in [0.3, 0.4) is 0 Å². The van der Waals surface area contributed by atoms with E-state index in [2.05, 4.69) is 10.3 Å². The van der Waals surface area contributed by atoms with Crippen molar-refractivity contribution in [2.24, 2.45) is 0 Å². The Hall–Kier alpha value is -2.30. The number of halogens is 1. The van der Waals surface area contributed by atoms with E-state index in [0.717, 1.165) is 11.3 Å². The predicted molar refractivity (Wildman–Crippen MR) is 75.7 cm³/mol. The lowest BCUT2D eigenvalue weighted by molar-refractivity contribution is 0.328. The number of aromatic nitrogens is 1. The maximum Gasteiger partial charge on any atom is 0.237 e. The number of anilines is 1. The van der Waals surface area contributed by atoms with E-state index in [0.29, 0.717) is 19.0 Å². The van der Waals surface area contributed by atoms with Gasteiger partial charge in [0.1, 0.15) is 0 Å². The van der Waals surface area contributed by atoms with Gasteiger partial charge in [0.15, 0.2) is 11.6 Å². The molecular formula is C15H17FN2O2. The van der Waals surface area contributed by atoms with Gasteiger partial charge in [0.2, 0.25) is 5.88 Å². The summed E-state index contributed by atoms with van der Waals surface area (Å²) in [5.41, 5.74) is 1.60. The van der Waals surface area contributed by atoms with Gasteiger partial charge in [-0.25, -0.2) is 9.37 Å². The van der Waals surface area contributed by atoms with Crippen LogP contribution in [0.5, 0.6) is 11.6 Å². The van der Waals surface area contributed by atoms with Crippen LogP contribution in [0, 0.1) is 5.82 Å². The van der Waals surface area contributed by atoms with E-state index >= 15 is 0 Å². The Morgan fingerprint density at radius 2 is 2.15 bits per heavy atom. The van der Waals surface area contributed by atoms with Crippen molar-refractivity contribution in [3.8, 4) is 11.6 Å². The SMILES string of the molecule is CCOc1ncccc1NCc1ccc(OC)c(F)c1. The number of rotatable bonds is 6. The number of nitrogens with one attached hydrogen (secondary N) is 1. The normalized spacial score (nSPS) is 10.2. The number of benzene rings is 1. The van der Waals surface area contributed by atoms with Gasteiger partial charge < -0.3 is 14.8 Å². The van der Waals surface area contributed by atoms with Crippen molar-refractivity contribution >= 4 is 5.69 Å². The van der Waals surface area contributed by atoms with Crippen LogP contribution in [0.15, 0.2) is 36.5 Å². The summed E-state index contributed by atoms with van der Waals surface area (Å²) < 4.78 is 23.9. The maximum absolute atomic E-state index is 13.6. The number of ether oxygens (including phenoxy) is 2. The molecule has 0 fully saturated rings. The van der Waals surface area contributed by atoms with Crippen molar-refractivity contribution in [3.63, 3.8) is 0 Å². The molecule has 0 atom stereocenters. The lowest BCUT2D eigenvalue weighted by Gasteiger charge is -2.11. The van der Waals surface area contributed by atoms with Crippen molar-refractivity contribution < 1.29 is 13.9 Å². The molecule has 0 aliphatic rings. The highest BCUT2D eigenvalue weighted by atomic mass is 19.1. The molecule has 0 radical (unpaired) electrons. The summed E-state index contributed by atoms with van der Waals surface area (Å²) in [5, 5.41) is 3.18. The van der Waals surface area contributed by atoms with Gasteiger partial charge in [-0.2, -0.15) is 0 Å². The Balaban J connectivity index is 2.07. The molecule has 4 nitrogen and oxygen atoms in total. The average molecular weight is 276 g/mol. The number of methoxy groups -OCH3 is 1. The highest BCUT2D eigenvalue weighted by Gasteiger charge is 2.06. The Labute approximate surface area is 117 Å². The Morgan fingerprint density at radius 3 is 2.85 bits per heavy atom. The Morgan fingerprint density at radius 1 is 1.30 bits per heavy atom. The number of hydrogen-bond acceptors (Lipinski definition) is 4. The smallest absolute Gasteiger partial charge is 0.237 e. The average Bonchev–Trinajstić information content (AvgIpc) is 2.47. The zero-order valence-corrected chi connectivity index (χ0v) is 11.5. The Kier molecular flexibility index (Phi) is 4.76. The highest BCUT2D eigenvalue weighted by molar-refractivity contribution is 5.52. The van der Waals surface area contributed by atoms with Gasteiger partial charge in [-0.15, -0.1) is 0 Å². The van der Waals surface area contributed by atoms with Gasteiger partial charge in [-0.1, -0.05) is 6.07 Å². The van der Waals surface area contributed by atoms with Crippen LogP contribution in [0.1, 0.15) is 12.5 Å². The third-order valence-corrected chi connectivity index (χ3v) is 2.75. The first-order chi connectivity index (χ1) is 9.74. The molecule has 106 valence electrons. The second kappa shape index (κ2) is 6.75. The Bertz CT molecular complexity index is 576. The first kappa shape index (κ1) is 14.1. The third kappa shape index (κ3) is 3.38. The molecule has 0 saturated carbocycles. The van der Waals surface area contributed by atoms with Crippen LogP contribution < -0.4 is 14.8 Å². The van der Waals surface area contributed by atoms with E-state index in [1.165, 1.54) is 13.2 Å². The lowest BCUT2D eigenvalue weighted by atomic mass is 10.2. The van der Waals surface area contributed by atoms with Crippen molar-refractivity contribution in [3.05, 3.63) is 47.9 Å². The molecule has 0 aliphatic carbocycles. The molecule has 0 spiro atoms. The molecule has 2 aromatic rings. The highest BCUT2D eigenvalue weighted by Crippen LogP contribution is 2.22. The van der Waals surface area contributed by atoms with E-state index in [-0.39, 0.29) is 11.6 Å². The predicted octanol–water partition coefficient (Wildman–Crippen LogP) is 3.24. The maximum atomic E-state index is 13.6. The summed E-state index contributed by atoms with van der Waals surface area (Å²) in [7, 11) is 1.44. The van der Waals surface area contributed by atoms with Gasteiger partial charge in [-0.3, -0.25) is 0 Å². The molecule has 1 heterocycles. The van der Waals surface area contributed by atoms with E-state index in [9.17, 15) is 4.39 Å². The second-order valence-electron chi connectivity index (χ2n) is 4.11. The molecule has 0 saturated heterocycles. The first-order valence-electron chi connectivity index (χ1n) is 6.38. The quantitative estimate of drug-likeness (QED) is 0.879. The molecule has 1 aromatic heterocycles. The van der Waals surface area contributed by atoms with Crippen molar-refractivity contribution in [2.45, 2.75) is 13.5 Å². The summed E-state index contributed by atoms with van der Waals surface area (Å²) in [6, 6.07) is 8.56.